The summed E-state index contributed by atoms with van der Waals surface area (Å²) in [5.41, 5.74) is 13.0. The van der Waals surface area contributed by atoms with Crippen LogP contribution in [0.3, 0.4) is 0 Å². The van der Waals surface area contributed by atoms with Gasteiger partial charge in [0, 0.05) is 28.4 Å². The molecule has 0 N–H and O–H groups in total. The van der Waals surface area contributed by atoms with Gasteiger partial charge in [-0.15, -0.1) is 0 Å². The van der Waals surface area contributed by atoms with E-state index in [2.05, 4.69) is 137 Å². The van der Waals surface area contributed by atoms with Gasteiger partial charge in [-0.05, 0) is 102 Å². The summed E-state index contributed by atoms with van der Waals surface area (Å²) in [7, 11) is 0. The summed E-state index contributed by atoms with van der Waals surface area (Å²) in [6.45, 7) is 14.4. The van der Waals surface area contributed by atoms with E-state index in [4.69, 9.17) is 0 Å². The first-order chi connectivity index (χ1) is 18.7. The second-order valence-electron chi connectivity index (χ2n) is 13.4. The van der Waals surface area contributed by atoms with Crippen LogP contribution in [0.25, 0.3) is 22.3 Å². The average molecular weight is 514 g/mol. The minimum absolute atomic E-state index is 0.0185. The van der Waals surface area contributed by atoms with Gasteiger partial charge in [0.25, 0.3) is 0 Å². The molecule has 0 aliphatic heterocycles. The monoisotopic (exact) mass is 513 g/mol. The van der Waals surface area contributed by atoms with Crippen molar-refractivity contribution in [2.24, 2.45) is 5.41 Å². The third kappa shape index (κ3) is 4.50. The largest absolute Gasteiger partial charge is 0.338 e. The molecule has 0 unspecified atom stereocenters. The number of nitrogens with zero attached hydrogens (tertiary/aromatic N) is 1. The lowest BCUT2D eigenvalue weighted by Crippen LogP contribution is -2.29. The summed E-state index contributed by atoms with van der Waals surface area (Å²) in [5, 5.41) is 0. The molecule has 0 heterocycles. The van der Waals surface area contributed by atoms with Crippen molar-refractivity contribution in [3.05, 3.63) is 108 Å². The minimum Gasteiger partial charge on any atom is -0.338 e. The zero-order valence-corrected chi connectivity index (χ0v) is 24.6. The fraction of sp³-hybridized carbons (Fsp3) is 0.368. The van der Waals surface area contributed by atoms with Gasteiger partial charge in [-0.2, -0.15) is 0 Å². The van der Waals surface area contributed by atoms with E-state index in [0.29, 0.717) is 17.4 Å². The maximum Gasteiger partial charge on any atom is 0.0492 e. The van der Waals surface area contributed by atoms with Gasteiger partial charge in [0.2, 0.25) is 0 Å². The lowest BCUT2D eigenvalue weighted by molar-refractivity contribution is 0.224. The Labute approximate surface area is 235 Å². The van der Waals surface area contributed by atoms with Crippen LogP contribution in [0.1, 0.15) is 89.8 Å². The molecule has 0 atom stereocenters. The van der Waals surface area contributed by atoms with E-state index >= 15 is 0 Å². The number of para-hydroxylation sites is 1. The Balaban J connectivity index is 1.58. The normalized spacial score (nSPS) is 17.6. The predicted octanol–water partition coefficient (Wildman–Crippen LogP) is 10.9. The zero-order valence-electron chi connectivity index (χ0n) is 24.6. The van der Waals surface area contributed by atoms with Gasteiger partial charge < -0.3 is 4.90 Å². The Bertz CT molecular complexity index is 1480. The average Bonchev–Trinajstić information content (AvgIpc) is 3.15. The van der Waals surface area contributed by atoms with Crippen LogP contribution in [-0.4, -0.2) is 6.04 Å². The molecule has 1 saturated carbocycles. The second kappa shape index (κ2) is 9.70. The highest BCUT2D eigenvalue weighted by Crippen LogP contribution is 2.54. The Morgan fingerprint density at radius 2 is 1.26 bits per heavy atom. The van der Waals surface area contributed by atoms with Crippen molar-refractivity contribution in [1.29, 1.82) is 0 Å². The number of rotatable bonds is 5. The van der Waals surface area contributed by atoms with Crippen molar-refractivity contribution in [3.63, 3.8) is 0 Å². The van der Waals surface area contributed by atoms with Crippen molar-refractivity contribution in [2.75, 3.05) is 4.90 Å². The van der Waals surface area contributed by atoms with E-state index in [1.165, 1.54) is 76.0 Å². The number of fused-ring (bicyclic) bond motifs is 3. The summed E-state index contributed by atoms with van der Waals surface area (Å²) in [5.74, 6) is 0.583. The van der Waals surface area contributed by atoms with Crippen LogP contribution in [0.4, 0.5) is 11.4 Å². The fourth-order valence-electron chi connectivity index (χ4n) is 7.23. The third-order valence-corrected chi connectivity index (χ3v) is 9.53. The molecule has 1 nitrogen and oxygen atoms in total. The molecule has 0 bridgehead atoms. The lowest BCUT2D eigenvalue weighted by Gasteiger charge is -2.39. The Morgan fingerprint density at radius 1 is 0.641 bits per heavy atom. The van der Waals surface area contributed by atoms with Crippen molar-refractivity contribution in [2.45, 2.75) is 84.6 Å². The Morgan fingerprint density at radius 3 is 1.95 bits per heavy atom. The van der Waals surface area contributed by atoms with Crippen LogP contribution in [-0.2, 0) is 5.41 Å². The van der Waals surface area contributed by atoms with E-state index < -0.39 is 0 Å². The topological polar surface area (TPSA) is 3.24 Å². The molecule has 1 fully saturated rings. The standard InChI is InChI=1S/C38H43N/c1-26(2)39(35-19-13-11-16-29(35)27-14-8-7-9-15-27)36-25-34-32(30-17-10-12-18-33(30)38(34,5)6)24-31(36)28-20-22-37(3,4)23-21-28/h7-19,24-26,28H,20-23H2,1-6H3. The first-order valence-corrected chi connectivity index (χ1v) is 14.9. The van der Waals surface area contributed by atoms with Gasteiger partial charge in [-0.1, -0.05) is 100 Å². The van der Waals surface area contributed by atoms with E-state index in [9.17, 15) is 0 Å². The highest BCUT2D eigenvalue weighted by Gasteiger charge is 2.38. The zero-order chi connectivity index (χ0) is 27.4. The SMILES string of the molecule is CC(C)N(c1ccccc1-c1ccccc1)c1cc2c(cc1C1CCC(C)(C)CC1)-c1ccccc1C2(C)C. The van der Waals surface area contributed by atoms with Gasteiger partial charge in [0.15, 0.2) is 0 Å². The summed E-state index contributed by atoms with van der Waals surface area (Å²) >= 11 is 0. The van der Waals surface area contributed by atoms with Crippen molar-refractivity contribution in [3.8, 4) is 22.3 Å². The van der Waals surface area contributed by atoms with Crippen LogP contribution >= 0.6 is 0 Å². The molecular weight excluding hydrogens is 470 g/mol. The van der Waals surface area contributed by atoms with Crippen molar-refractivity contribution in [1.82, 2.24) is 0 Å². The molecule has 0 saturated heterocycles. The van der Waals surface area contributed by atoms with Crippen LogP contribution in [0, 0.1) is 5.41 Å². The number of hydrogen-bond donors (Lipinski definition) is 0. The van der Waals surface area contributed by atoms with Crippen LogP contribution in [0.2, 0.25) is 0 Å². The van der Waals surface area contributed by atoms with Crippen LogP contribution < -0.4 is 4.90 Å². The minimum atomic E-state index is -0.0185. The molecule has 0 spiro atoms. The molecule has 39 heavy (non-hydrogen) atoms. The number of anilines is 2. The molecule has 1 heteroatoms. The second-order valence-corrected chi connectivity index (χ2v) is 13.4. The molecule has 2 aliphatic carbocycles. The molecule has 200 valence electrons. The number of benzene rings is 4. The Hall–Kier alpha value is -3.32. The van der Waals surface area contributed by atoms with Gasteiger partial charge in [-0.3, -0.25) is 0 Å². The molecule has 4 aromatic carbocycles. The molecule has 0 amide bonds. The van der Waals surface area contributed by atoms with Crippen molar-refractivity contribution < 1.29 is 0 Å². The van der Waals surface area contributed by atoms with Gasteiger partial charge in [0.1, 0.15) is 0 Å². The summed E-state index contributed by atoms with van der Waals surface area (Å²) in [6, 6.07) is 34.4. The maximum atomic E-state index is 2.64. The summed E-state index contributed by atoms with van der Waals surface area (Å²) in [6.07, 6.45) is 5.10. The first kappa shape index (κ1) is 25.9. The van der Waals surface area contributed by atoms with Gasteiger partial charge >= 0.3 is 0 Å². The quantitative estimate of drug-likeness (QED) is 0.256. The fourth-order valence-corrected chi connectivity index (χ4v) is 7.23. The van der Waals surface area contributed by atoms with Crippen LogP contribution in [0.5, 0.6) is 0 Å². The molecule has 6 rings (SSSR count). The van der Waals surface area contributed by atoms with E-state index in [-0.39, 0.29) is 5.41 Å². The maximum absolute atomic E-state index is 2.64. The van der Waals surface area contributed by atoms with Gasteiger partial charge in [-0.25, -0.2) is 0 Å². The Kier molecular flexibility index (Phi) is 6.45. The molecular formula is C38H43N. The number of hydrogen-bond acceptors (Lipinski definition) is 1. The summed E-state index contributed by atoms with van der Waals surface area (Å²) < 4.78 is 0. The highest BCUT2D eigenvalue weighted by atomic mass is 15.2. The van der Waals surface area contributed by atoms with Crippen molar-refractivity contribution >= 4 is 11.4 Å². The summed E-state index contributed by atoms with van der Waals surface area (Å²) in [4.78, 5) is 2.64. The van der Waals surface area contributed by atoms with Crippen LogP contribution in [0.15, 0.2) is 91.0 Å². The van der Waals surface area contributed by atoms with Gasteiger partial charge in [0.05, 0.1) is 0 Å². The van der Waals surface area contributed by atoms with E-state index in [1.807, 2.05) is 0 Å². The molecule has 2 aliphatic rings. The van der Waals surface area contributed by atoms with E-state index in [1.54, 1.807) is 0 Å². The highest BCUT2D eigenvalue weighted by molar-refractivity contribution is 5.88. The third-order valence-electron chi connectivity index (χ3n) is 9.53. The first-order valence-electron chi connectivity index (χ1n) is 14.9. The lowest BCUT2D eigenvalue weighted by atomic mass is 9.70. The molecule has 0 radical (unpaired) electrons. The predicted molar refractivity (Wildman–Crippen MR) is 168 cm³/mol. The van der Waals surface area contributed by atoms with E-state index in [0.717, 1.165) is 0 Å². The molecule has 4 aromatic rings. The smallest absolute Gasteiger partial charge is 0.0492 e. The molecule has 0 aromatic heterocycles.